The van der Waals surface area contributed by atoms with Crippen molar-refractivity contribution in [3.05, 3.63) is 77.1 Å². The van der Waals surface area contributed by atoms with Crippen molar-refractivity contribution < 1.29 is 41.7 Å². The quantitative estimate of drug-likeness (QED) is 0.418. The van der Waals surface area contributed by atoms with Gasteiger partial charge in [-0.05, 0) is 42.5 Å². The highest BCUT2D eigenvalue weighted by atomic mass is 35.5. The molecular weight excluding hydrogens is 472 g/mol. The molecule has 172 valence electrons. The smallest absolute Gasteiger partial charge is 0.387 e. The molecule has 0 saturated carbocycles. The fourth-order valence-corrected chi connectivity index (χ4v) is 3.02. The van der Waals surface area contributed by atoms with Gasteiger partial charge in [-0.3, -0.25) is 14.7 Å². The van der Waals surface area contributed by atoms with Crippen LogP contribution in [0, 0.1) is 0 Å². The lowest BCUT2D eigenvalue weighted by atomic mass is 10.1. The summed E-state index contributed by atoms with van der Waals surface area (Å²) >= 11 is 6.22. The summed E-state index contributed by atoms with van der Waals surface area (Å²) in [5.41, 5.74) is -0.444. The molecule has 0 aliphatic rings. The number of benzene rings is 2. The molecule has 0 aliphatic heterocycles. The second-order valence-corrected chi connectivity index (χ2v) is 6.65. The number of hydrogen-bond acceptors (Lipinski definition) is 5. The second kappa shape index (κ2) is 10.2. The largest absolute Gasteiger partial charge is 0.478 e. The maximum absolute atomic E-state index is 13.3. The highest BCUT2D eigenvalue weighted by Gasteiger charge is 2.26. The van der Waals surface area contributed by atoms with E-state index in [1.165, 1.54) is 36.7 Å². The van der Waals surface area contributed by atoms with Gasteiger partial charge in [-0.15, -0.1) is 0 Å². The number of aromatic carboxylic acids is 1. The Hall–Kier alpha value is -3.86. The van der Waals surface area contributed by atoms with Crippen LogP contribution in [0.2, 0.25) is 5.02 Å². The highest BCUT2D eigenvalue weighted by molar-refractivity contribution is 6.34. The number of carboxylic acid groups (broad SMARTS) is 1. The number of carboxylic acids is 1. The van der Waals surface area contributed by atoms with Crippen LogP contribution in [0.15, 0.2) is 60.9 Å². The van der Waals surface area contributed by atoms with Crippen molar-refractivity contribution in [1.82, 2.24) is 4.98 Å². The molecular formula is C21H13ClF4N2O5. The standard InChI is InChI=1S/C21H13ClF4N2O5/c22-14-5-3-11(19(30)31)8-15(14)28(18(29)12-2-1-7-27-10-12)13-4-6-16(32-20(23)24)17(9-13)33-21(25)26/h1-10,20-21H,(H,30,31). The first-order valence-electron chi connectivity index (χ1n) is 8.98. The molecule has 1 aromatic heterocycles. The Morgan fingerprint density at radius 1 is 0.939 bits per heavy atom. The van der Waals surface area contributed by atoms with Gasteiger partial charge in [0.15, 0.2) is 11.5 Å². The van der Waals surface area contributed by atoms with Gasteiger partial charge >= 0.3 is 19.2 Å². The molecule has 1 amide bonds. The Labute approximate surface area is 188 Å². The van der Waals surface area contributed by atoms with Crippen molar-refractivity contribution in [1.29, 1.82) is 0 Å². The van der Waals surface area contributed by atoms with Gasteiger partial charge < -0.3 is 14.6 Å². The zero-order valence-electron chi connectivity index (χ0n) is 16.3. The number of ether oxygens (including phenoxy) is 2. The molecule has 7 nitrogen and oxygen atoms in total. The minimum absolute atomic E-state index is 0.0403. The molecule has 0 fully saturated rings. The van der Waals surface area contributed by atoms with E-state index in [1.54, 1.807) is 0 Å². The van der Waals surface area contributed by atoms with Crippen LogP contribution in [-0.4, -0.2) is 35.2 Å². The van der Waals surface area contributed by atoms with Gasteiger partial charge in [-0.25, -0.2) is 4.79 Å². The van der Waals surface area contributed by atoms with Gasteiger partial charge in [0.05, 0.1) is 27.5 Å². The summed E-state index contributed by atoms with van der Waals surface area (Å²) in [6.07, 6.45) is 2.62. The van der Waals surface area contributed by atoms with Crippen LogP contribution in [-0.2, 0) is 0 Å². The lowest BCUT2D eigenvalue weighted by Gasteiger charge is -2.25. The maximum atomic E-state index is 13.3. The van der Waals surface area contributed by atoms with Gasteiger partial charge in [0.2, 0.25) is 0 Å². The summed E-state index contributed by atoms with van der Waals surface area (Å²) in [6.45, 7) is -6.72. The molecule has 2 aromatic carbocycles. The third kappa shape index (κ3) is 5.69. The van der Waals surface area contributed by atoms with Crippen LogP contribution >= 0.6 is 11.6 Å². The average molecular weight is 485 g/mol. The fraction of sp³-hybridized carbons (Fsp3) is 0.0952. The lowest BCUT2D eigenvalue weighted by Crippen LogP contribution is -2.27. The van der Waals surface area contributed by atoms with E-state index in [4.69, 9.17) is 11.6 Å². The van der Waals surface area contributed by atoms with E-state index >= 15 is 0 Å². The molecule has 33 heavy (non-hydrogen) atoms. The van der Waals surface area contributed by atoms with Crippen molar-refractivity contribution >= 4 is 34.9 Å². The number of carbonyl (C=O) groups excluding carboxylic acids is 1. The molecule has 0 radical (unpaired) electrons. The van der Waals surface area contributed by atoms with Crippen molar-refractivity contribution in [3.63, 3.8) is 0 Å². The molecule has 0 aliphatic carbocycles. The number of pyridine rings is 1. The van der Waals surface area contributed by atoms with Gasteiger partial charge in [0.1, 0.15) is 0 Å². The maximum Gasteiger partial charge on any atom is 0.387 e. The van der Waals surface area contributed by atoms with Gasteiger partial charge in [-0.2, -0.15) is 17.6 Å². The number of anilines is 2. The molecule has 0 saturated heterocycles. The summed E-state index contributed by atoms with van der Waals surface area (Å²) in [5.74, 6) is -3.56. The van der Waals surface area contributed by atoms with E-state index in [0.29, 0.717) is 0 Å². The average Bonchev–Trinajstić information content (AvgIpc) is 2.76. The Morgan fingerprint density at radius 2 is 1.64 bits per heavy atom. The van der Waals surface area contributed by atoms with E-state index < -0.39 is 36.6 Å². The van der Waals surface area contributed by atoms with Gasteiger partial charge in [0, 0.05) is 18.5 Å². The van der Waals surface area contributed by atoms with Crippen LogP contribution < -0.4 is 14.4 Å². The van der Waals surface area contributed by atoms with Crippen LogP contribution in [0.3, 0.4) is 0 Å². The van der Waals surface area contributed by atoms with Gasteiger partial charge in [-0.1, -0.05) is 11.6 Å². The van der Waals surface area contributed by atoms with Crippen LogP contribution in [0.4, 0.5) is 28.9 Å². The predicted molar refractivity (Wildman–Crippen MR) is 109 cm³/mol. The van der Waals surface area contributed by atoms with E-state index in [9.17, 15) is 32.3 Å². The second-order valence-electron chi connectivity index (χ2n) is 6.24. The van der Waals surface area contributed by atoms with Crippen molar-refractivity contribution in [2.24, 2.45) is 0 Å². The van der Waals surface area contributed by atoms with Crippen molar-refractivity contribution in [3.8, 4) is 11.5 Å². The minimum Gasteiger partial charge on any atom is -0.478 e. The molecule has 1 heterocycles. The monoisotopic (exact) mass is 484 g/mol. The zero-order valence-corrected chi connectivity index (χ0v) is 17.0. The van der Waals surface area contributed by atoms with Crippen LogP contribution in [0.1, 0.15) is 20.7 Å². The topological polar surface area (TPSA) is 89.0 Å². The first kappa shape index (κ1) is 23.8. The fourth-order valence-electron chi connectivity index (χ4n) is 2.82. The Bertz CT molecular complexity index is 1160. The number of alkyl halides is 4. The summed E-state index contributed by atoms with van der Waals surface area (Å²) in [7, 11) is 0. The summed E-state index contributed by atoms with van der Waals surface area (Å²) in [4.78, 5) is 29.5. The molecule has 12 heteroatoms. The third-order valence-corrected chi connectivity index (χ3v) is 4.48. The number of aromatic nitrogens is 1. The normalized spacial score (nSPS) is 10.9. The molecule has 1 N–H and O–H groups in total. The minimum atomic E-state index is -3.39. The van der Waals surface area contributed by atoms with E-state index in [0.717, 1.165) is 29.2 Å². The number of amides is 1. The number of halogens is 5. The first-order valence-corrected chi connectivity index (χ1v) is 9.36. The first-order chi connectivity index (χ1) is 15.7. The Morgan fingerprint density at radius 3 is 2.24 bits per heavy atom. The van der Waals surface area contributed by atoms with Crippen molar-refractivity contribution in [2.45, 2.75) is 13.2 Å². The molecule has 0 atom stereocenters. The number of carbonyl (C=O) groups is 2. The van der Waals surface area contributed by atoms with E-state index in [1.807, 2.05) is 0 Å². The Balaban J connectivity index is 2.21. The number of rotatable bonds is 8. The molecule has 0 unspecified atom stereocenters. The predicted octanol–water partition coefficient (Wildman–Crippen LogP) is 5.61. The molecule has 3 aromatic rings. The van der Waals surface area contributed by atoms with E-state index in [2.05, 4.69) is 14.5 Å². The molecule has 0 bridgehead atoms. The highest BCUT2D eigenvalue weighted by Crippen LogP contribution is 2.39. The van der Waals surface area contributed by atoms with E-state index in [-0.39, 0.29) is 27.5 Å². The Kier molecular flexibility index (Phi) is 7.34. The van der Waals surface area contributed by atoms with Crippen molar-refractivity contribution in [2.75, 3.05) is 4.90 Å². The van der Waals surface area contributed by atoms with Crippen LogP contribution in [0.25, 0.3) is 0 Å². The number of nitrogens with zero attached hydrogens (tertiary/aromatic N) is 2. The third-order valence-electron chi connectivity index (χ3n) is 4.16. The van der Waals surface area contributed by atoms with Gasteiger partial charge in [0.25, 0.3) is 5.91 Å². The summed E-state index contributed by atoms with van der Waals surface area (Å²) < 4.78 is 59.6. The summed E-state index contributed by atoms with van der Waals surface area (Å²) in [6, 6.07) is 9.28. The lowest BCUT2D eigenvalue weighted by molar-refractivity contribution is -0.0691. The number of hydrogen-bond donors (Lipinski definition) is 1. The zero-order chi connectivity index (χ0) is 24.1. The molecule has 3 rings (SSSR count). The molecule has 0 spiro atoms. The summed E-state index contributed by atoms with van der Waals surface area (Å²) in [5, 5.41) is 9.27. The SMILES string of the molecule is O=C(O)c1ccc(Cl)c(N(C(=O)c2cccnc2)c2ccc(OC(F)F)c(OC(F)F)c2)c1. The van der Waals surface area contributed by atoms with Crippen LogP contribution in [0.5, 0.6) is 11.5 Å².